The summed E-state index contributed by atoms with van der Waals surface area (Å²) < 4.78 is 1.04. The Morgan fingerprint density at radius 3 is 2.25 bits per heavy atom. The van der Waals surface area contributed by atoms with Gasteiger partial charge in [0.05, 0.1) is 5.69 Å². The van der Waals surface area contributed by atoms with E-state index in [2.05, 4.69) is 25.9 Å². The predicted octanol–water partition coefficient (Wildman–Crippen LogP) is 3.11. The molecule has 1 aromatic carbocycles. The number of anilines is 1. The fourth-order valence-electron chi connectivity index (χ4n) is 1.71. The van der Waals surface area contributed by atoms with Gasteiger partial charge in [-0.3, -0.25) is 0 Å². The molecule has 1 heterocycles. The molecule has 82 valence electrons. The van der Waals surface area contributed by atoms with Gasteiger partial charge in [0.1, 0.15) is 11.6 Å². The first-order valence-electron chi connectivity index (χ1n) is 4.94. The summed E-state index contributed by atoms with van der Waals surface area (Å²) in [7, 11) is 0. The van der Waals surface area contributed by atoms with Gasteiger partial charge in [0.15, 0.2) is 0 Å². The van der Waals surface area contributed by atoms with Crippen LogP contribution in [0.5, 0.6) is 0 Å². The van der Waals surface area contributed by atoms with Gasteiger partial charge < -0.3 is 5.73 Å². The van der Waals surface area contributed by atoms with Crippen molar-refractivity contribution in [2.75, 3.05) is 5.73 Å². The van der Waals surface area contributed by atoms with Crippen molar-refractivity contribution in [2.24, 2.45) is 0 Å². The number of rotatable bonds is 1. The fourth-order valence-corrected chi connectivity index (χ4v) is 1.98. The summed E-state index contributed by atoms with van der Waals surface area (Å²) in [5.74, 6) is 1.24. The van der Waals surface area contributed by atoms with E-state index in [1.165, 1.54) is 0 Å². The SMILES string of the molecule is Cc1nc(C)c(-c2ccc(Br)cc2)c(N)n1. The molecule has 0 fully saturated rings. The zero-order valence-electron chi connectivity index (χ0n) is 9.16. The van der Waals surface area contributed by atoms with E-state index in [-0.39, 0.29) is 0 Å². The maximum Gasteiger partial charge on any atom is 0.135 e. The minimum atomic E-state index is 0.535. The van der Waals surface area contributed by atoms with Crippen LogP contribution >= 0.6 is 15.9 Å². The van der Waals surface area contributed by atoms with Crippen LogP contribution in [-0.4, -0.2) is 9.97 Å². The lowest BCUT2D eigenvalue weighted by molar-refractivity contribution is 1.02. The molecule has 0 atom stereocenters. The van der Waals surface area contributed by atoms with E-state index >= 15 is 0 Å². The van der Waals surface area contributed by atoms with Crippen LogP contribution in [0.15, 0.2) is 28.7 Å². The first-order chi connectivity index (χ1) is 7.58. The smallest absolute Gasteiger partial charge is 0.135 e. The minimum Gasteiger partial charge on any atom is -0.383 e. The second kappa shape index (κ2) is 4.22. The van der Waals surface area contributed by atoms with Crippen molar-refractivity contribution in [2.45, 2.75) is 13.8 Å². The highest BCUT2D eigenvalue weighted by Crippen LogP contribution is 2.28. The molecular formula is C12H12BrN3. The first kappa shape index (κ1) is 11.1. The van der Waals surface area contributed by atoms with Crippen LogP contribution in [0.4, 0.5) is 5.82 Å². The molecule has 1 aromatic heterocycles. The van der Waals surface area contributed by atoms with Crippen molar-refractivity contribution in [3.8, 4) is 11.1 Å². The highest BCUT2D eigenvalue weighted by Gasteiger charge is 2.09. The van der Waals surface area contributed by atoms with E-state index in [1.54, 1.807) is 0 Å². The van der Waals surface area contributed by atoms with Crippen molar-refractivity contribution >= 4 is 21.7 Å². The molecule has 2 N–H and O–H groups in total. The van der Waals surface area contributed by atoms with Crippen LogP contribution in [-0.2, 0) is 0 Å². The summed E-state index contributed by atoms with van der Waals surface area (Å²) in [6, 6.07) is 7.96. The molecule has 0 unspecified atom stereocenters. The summed E-state index contributed by atoms with van der Waals surface area (Å²) in [4.78, 5) is 8.52. The van der Waals surface area contributed by atoms with Crippen molar-refractivity contribution in [3.05, 3.63) is 40.3 Å². The lowest BCUT2D eigenvalue weighted by atomic mass is 10.1. The molecular weight excluding hydrogens is 266 g/mol. The van der Waals surface area contributed by atoms with E-state index in [0.717, 1.165) is 21.3 Å². The van der Waals surface area contributed by atoms with E-state index < -0.39 is 0 Å². The van der Waals surface area contributed by atoms with Gasteiger partial charge in [-0.25, -0.2) is 9.97 Å². The standard InChI is InChI=1S/C12H12BrN3/c1-7-11(12(14)16-8(2)15-7)9-3-5-10(13)6-4-9/h3-6H,1-2H3,(H2,14,15,16). The molecule has 0 saturated heterocycles. The molecule has 4 heteroatoms. The zero-order chi connectivity index (χ0) is 11.7. The lowest BCUT2D eigenvalue weighted by Crippen LogP contribution is -2.01. The number of hydrogen-bond acceptors (Lipinski definition) is 3. The highest BCUT2D eigenvalue weighted by molar-refractivity contribution is 9.10. The Kier molecular flexibility index (Phi) is 2.92. The van der Waals surface area contributed by atoms with Crippen LogP contribution in [0.1, 0.15) is 11.5 Å². The third-order valence-corrected chi connectivity index (χ3v) is 2.89. The van der Waals surface area contributed by atoms with Gasteiger partial charge in [0.2, 0.25) is 0 Å². The number of aryl methyl sites for hydroxylation is 2. The molecule has 3 nitrogen and oxygen atoms in total. The Labute approximate surface area is 103 Å². The largest absolute Gasteiger partial charge is 0.383 e. The minimum absolute atomic E-state index is 0.535. The van der Waals surface area contributed by atoms with Gasteiger partial charge >= 0.3 is 0 Å². The highest BCUT2D eigenvalue weighted by atomic mass is 79.9. The number of benzene rings is 1. The maximum atomic E-state index is 5.93. The Bertz CT molecular complexity index is 497. The average Bonchev–Trinajstić information content (AvgIpc) is 2.19. The molecule has 0 saturated carbocycles. The van der Waals surface area contributed by atoms with E-state index in [4.69, 9.17) is 5.73 Å². The number of halogens is 1. The Morgan fingerprint density at radius 1 is 1.06 bits per heavy atom. The van der Waals surface area contributed by atoms with Gasteiger partial charge in [-0.15, -0.1) is 0 Å². The topological polar surface area (TPSA) is 51.8 Å². The molecule has 2 rings (SSSR count). The summed E-state index contributed by atoms with van der Waals surface area (Å²) in [5.41, 5.74) is 8.79. The first-order valence-corrected chi connectivity index (χ1v) is 5.74. The summed E-state index contributed by atoms with van der Waals surface area (Å²) in [6.07, 6.45) is 0. The predicted molar refractivity (Wildman–Crippen MR) is 69.1 cm³/mol. The zero-order valence-corrected chi connectivity index (χ0v) is 10.7. The second-order valence-corrected chi connectivity index (χ2v) is 4.54. The van der Waals surface area contributed by atoms with E-state index in [9.17, 15) is 0 Å². The summed E-state index contributed by atoms with van der Waals surface area (Å²) in [5, 5.41) is 0. The fraction of sp³-hybridized carbons (Fsp3) is 0.167. The van der Waals surface area contributed by atoms with Crippen LogP contribution in [0.2, 0.25) is 0 Å². The van der Waals surface area contributed by atoms with Gasteiger partial charge in [-0.1, -0.05) is 28.1 Å². The molecule has 16 heavy (non-hydrogen) atoms. The maximum absolute atomic E-state index is 5.93. The van der Waals surface area contributed by atoms with Crippen molar-refractivity contribution in [3.63, 3.8) is 0 Å². The number of aromatic nitrogens is 2. The van der Waals surface area contributed by atoms with Crippen LogP contribution in [0, 0.1) is 13.8 Å². The third-order valence-electron chi connectivity index (χ3n) is 2.36. The number of hydrogen-bond donors (Lipinski definition) is 1. The average molecular weight is 278 g/mol. The molecule has 0 aliphatic rings. The molecule has 0 amide bonds. The van der Waals surface area contributed by atoms with Crippen molar-refractivity contribution in [1.82, 2.24) is 9.97 Å². The quantitative estimate of drug-likeness (QED) is 0.872. The van der Waals surface area contributed by atoms with Crippen molar-refractivity contribution in [1.29, 1.82) is 0 Å². The van der Waals surface area contributed by atoms with Gasteiger partial charge in [-0.2, -0.15) is 0 Å². The van der Waals surface area contributed by atoms with E-state index in [0.29, 0.717) is 11.6 Å². The van der Waals surface area contributed by atoms with Crippen LogP contribution in [0.25, 0.3) is 11.1 Å². The van der Waals surface area contributed by atoms with Gasteiger partial charge in [-0.05, 0) is 31.5 Å². The Hall–Kier alpha value is -1.42. The molecule has 2 aromatic rings. The summed E-state index contributed by atoms with van der Waals surface area (Å²) >= 11 is 3.40. The normalized spacial score (nSPS) is 10.4. The molecule has 0 bridgehead atoms. The molecule has 0 radical (unpaired) electrons. The van der Waals surface area contributed by atoms with E-state index in [1.807, 2.05) is 38.1 Å². The number of nitrogens with zero attached hydrogens (tertiary/aromatic N) is 2. The number of nitrogens with two attached hydrogens (primary N) is 1. The summed E-state index contributed by atoms with van der Waals surface area (Å²) in [6.45, 7) is 3.79. The molecule has 0 aliphatic carbocycles. The lowest BCUT2D eigenvalue weighted by Gasteiger charge is -2.09. The van der Waals surface area contributed by atoms with Crippen LogP contribution < -0.4 is 5.73 Å². The molecule has 0 spiro atoms. The van der Waals surface area contributed by atoms with Gasteiger partial charge in [0, 0.05) is 10.0 Å². The second-order valence-electron chi connectivity index (χ2n) is 3.62. The monoisotopic (exact) mass is 277 g/mol. The Morgan fingerprint density at radius 2 is 1.69 bits per heavy atom. The number of nitrogen functional groups attached to an aromatic ring is 1. The Balaban J connectivity index is 2.60. The van der Waals surface area contributed by atoms with Crippen LogP contribution in [0.3, 0.4) is 0 Å². The molecule has 0 aliphatic heterocycles. The third kappa shape index (κ3) is 2.07. The van der Waals surface area contributed by atoms with Crippen molar-refractivity contribution < 1.29 is 0 Å². The van der Waals surface area contributed by atoms with Gasteiger partial charge in [0.25, 0.3) is 0 Å².